The van der Waals surface area contributed by atoms with E-state index in [0.717, 1.165) is 16.5 Å². The Morgan fingerprint density at radius 2 is 2.16 bits per heavy atom. The van der Waals surface area contributed by atoms with E-state index < -0.39 is 21.8 Å². The largest absolute Gasteiger partial charge is 0.369 e. The minimum Gasteiger partial charge on any atom is -0.369 e. The Kier molecular flexibility index (Phi) is 3.46. The van der Waals surface area contributed by atoms with Crippen molar-refractivity contribution in [3.8, 4) is 0 Å². The van der Waals surface area contributed by atoms with Crippen LogP contribution in [0.3, 0.4) is 0 Å². The van der Waals surface area contributed by atoms with Gasteiger partial charge in [-0.1, -0.05) is 17.4 Å². The zero-order valence-corrected chi connectivity index (χ0v) is 12.0. The SMILES string of the molecule is CC(C(N)=O)c1ccc2nc(NS(C)(=O)=O)sc2c1. The molecule has 8 heteroatoms. The maximum atomic E-state index is 11.1. The van der Waals surface area contributed by atoms with Crippen LogP contribution in [0.1, 0.15) is 18.4 Å². The number of rotatable bonds is 4. The van der Waals surface area contributed by atoms with Gasteiger partial charge in [0.2, 0.25) is 15.9 Å². The Balaban J connectivity index is 2.41. The van der Waals surface area contributed by atoms with Crippen LogP contribution in [-0.2, 0) is 14.8 Å². The number of benzene rings is 1. The first-order valence-corrected chi connectivity index (χ1v) is 8.14. The number of fused-ring (bicyclic) bond motifs is 1. The number of thiazole rings is 1. The molecule has 3 N–H and O–H groups in total. The number of carbonyl (C=O) groups is 1. The summed E-state index contributed by atoms with van der Waals surface area (Å²) in [6, 6.07) is 5.31. The van der Waals surface area contributed by atoms with Gasteiger partial charge in [-0.15, -0.1) is 0 Å². The monoisotopic (exact) mass is 299 g/mol. The molecule has 0 saturated heterocycles. The molecular formula is C11H13N3O3S2. The molecule has 0 bridgehead atoms. The van der Waals surface area contributed by atoms with E-state index in [-0.39, 0.29) is 0 Å². The van der Waals surface area contributed by atoms with Crippen LogP contribution in [0.5, 0.6) is 0 Å². The Bertz CT molecular complexity index is 737. The van der Waals surface area contributed by atoms with Crippen molar-refractivity contribution >= 4 is 42.6 Å². The predicted molar refractivity (Wildman–Crippen MR) is 75.7 cm³/mol. The first-order valence-electron chi connectivity index (χ1n) is 5.44. The quantitative estimate of drug-likeness (QED) is 0.887. The zero-order chi connectivity index (χ0) is 14.2. The Morgan fingerprint density at radius 3 is 2.74 bits per heavy atom. The summed E-state index contributed by atoms with van der Waals surface area (Å²) in [5.74, 6) is -0.795. The van der Waals surface area contributed by atoms with Crippen molar-refractivity contribution in [1.82, 2.24) is 4.98 Å². The van der Waals surface area contributed by atoms with Crippen LogP contribution < -0.4 is 10.5 Å². The summed E-state index contributed by atoms with van der Waals surface area (Å²) >= 11 is 1.21. The smallest absolute Gasteiger partial charge is 0.231 e. The lowest BCUT2D eigenvalue weighted by molar-refractivity contribution is -0.119. The highest BCUT2D eigenvalue weighted by atomic mass is 32.2. The molecule has 2 rings (SSSR count). The standard InChI is InChI=1S/C11H13N3O3S2/c1-6(10(12)15)7-3-4-8-9(5-7)18-11(13-8)14-19(2,16)17/h3-6H,1-2H3,(H2,12,15)(H,13,14). The average molecular weight is 299 g/mol. The lowest BCUT2D eigenvalue weighted by atomic mass is 10.0. The van der Waals surface area contributed by atoms with Gasteiger partial charge >= 0.3 is 0 Å². The van der Waals surface area contributed by atoms with Crippen molar-refractivity contribution in [2.24, 2.45) is 5.73 Å². The molecule has 0 fully saturated rings. The van der Waals surface area contributed by atoms with E-state index in [2.05, 4.69) is 9.71 Å². The number of primary amides is 1. The molecule has 0 aliphatic heterocycles. The van der Waals surface area contributed by atoms with Gasteiger partial charge < -0.3 is 5.73 Å². The maximum absolute atomic E-state index is 11.1. The number of nitrogens with one attached hydrogen (secondary N) is 1. The number of nitrogens with two attached hydrogens (primary N) is 1. The van der Waals surface area contributed by atoms with Crippen molar-refractivity contribution in [2.45, 2.75) is 12.8 Å². The van der Waals surface area contributed by atoms with Crippen molar-refractivity contribution in [3.05, 3.63) is 23.8 Å². The number of carbonyl (C=O) groups excluding carboxylic acids is 1. The molecule has 1 atom stereocenters. The van der Waals surface area contributed by atoms with Crippen LogP contribution in [0.2, 0.25) is 0 Å². The maximum Gasteiger partial charge on any atom is 0.231 e. The molecule has 0 aliphatic carbocycles. The molecule has 102 valence electrons. The van der Waals surface area contributed by atoms with Gasteiger partial charge in [0.25, 0.3) is 0 Å². The summed E-state index contributed by atoms with van der Waals surface area (Å²) in [5.41, 5.74) is 6.72. The molecule has 0 spiro atoms. The lowest BCUT2D eigenvalue weighted by Crippen LogP contribution is -2.18. The second kappa shape index (κ2) is 4.78. The van der Waals surface area contributed by atoms with E-state index in [1.807, 2.05) is 0 Å². The van der Waals surface area contributed by atoms with Crippen molar-refractivity contribution in [3.63, 3.8) is 0 Å². The molecule has 0 saturated carbocycles. The fourth-order valence-corrected chi connectivity index (χ4v) is 3.33. The van der Waals surface area contributed by atoms with Crippen molar-refractivity contribution in [1.29, 1.82) is 0 Å². The fourth-order valence-electron chi connectivity index (χ4n) is 1.58. The number of nitrogens with zero attached hydrogens (tertiary/aromatic N) is 1. The first kappa shape index (κ1) is 13.8. The van der Waals surface area contributed by atoms with Crippen molar-refractivity contribution < 1.29 is 13.2 Å². The summed E-state index contributed by atoms with van der Waals surface area (Å²) < 4.78 is 25.4. The summed E-state index contributed by atoms with van der Waals surface area (Å²) in [6.45, 7) is 1.72. The van der Waals surface area contributed by atoms with Crippen LogP contribution in [0.15, 0.2) is 18.2 Å². The van der Waals surface area contributed by atoms with E-state index >= 15 is 0 Å². The van der Waals surface area contributed by atoms with E-state index in [9.17, 15) is 13.2 Å². The Hall–Kier alpha value is -1.67. The van der Waals surface area contributed by atoms with Gasteiger partial charge in [0, 0.05) is 0 Å². The molecule has 1 amide bonds. The molecule has 1 unspecified atom stereocenters. The second-order valence-corrected chi connectivity index (χ2v) is 7.02. The minimum absolute atomic E-state index is 0.307. The normalized spacial score (nSPS) is 13.4. The highest BCUT2D eigenvalue weighted by Crippen LogP contribution is 2.29. The molecule has 2 aromatic rings. The molecule has 1 heterocycles. The predicted octanol–water partition coefficient (Wildman–Crippen LogP) is 1.26. The number of hydrogen-bond donors (Lipinski definition) is 2. The minimum atomic E-state index is -3.34. The third-order valence-electron chi connectivity index (χ3n) is 2.61. The van der Waals surface area contributed by atoms with Crippen molar-refractivity contribution in [2.75, 3.05) is 11.0 Å². The van der Waals surface area contributed by atoms with E-state index in [1.54, 1.807) is 25.1 Å². The molecule has 1 aromatic carbocycles. The topological polar surface area (TPSA) is 102 Å². The summed E-state index contributed by atoms with van der Waals surface area (Å²) in [6.07, 6.45) is 1.07. The highest BCUT2D eigenvalue weighted by Gasteiger charge is 2.14. The van der Waals surface area contributed by atoms with Crippen LogP contribution in [0, 0.1) is 0 Å². The van der Waals surface area contributed by atoms with Gasteiger partial charge in [-0.25, -0.2) is 13.4 Å². The molecule has 6 nitrogen and oxygen atoms in total. The van der Waals surface area contributed by atoms with Gasteiger partial charge in [0.05, 0.1) is 22.4 Å². The van der Waals surface area contributed by atoms with E-state index in [1.165, 1.54) is 11.3 Å². The molecule has 1 aromatic heterocycles. The highest BCUT2D eigenvalue weighted by molar-refractivity contribution is 7.92. The van der Waals surface area contributed by atoms with Gasteiger partial charge in [-0.05, 0) is 24.6 Å². The summed E-state index contributed by atoms with van der Waals surface area (Å²) in [7, 11) is -3.34. The Labute approximate surface area is 114 Å². The number of anilines is 1. The third-order valence-corrected chi connectivity index (χ3v) is 4.24. The average Bonchev–Trinajstić information content (AvgIpc) is 2.65. The number of sulfonamides is 1. The van der Waals surface area contributed by atoms with Gasteiger partial charge in [0.1, 0.15) is 0 Å². The van der Waals surface area contributed by atoms with Crippen LogP contribution in [0.25, 0.3) is 10.2 Å². The first-order chi connectivity index (χ1) is 8.76. The van der Waals surface area contributed by atoms with Gasteiger partial charge in [-0.2, -0.15) is 0 Å². The van der Waals surface area contributed by atoms with Crippen LogP contribution in [-0.4, -0.2) is 25.6 Å². The number of hydrogen-bond acceptors (Lipinski definition) is 5. The van der Waals surface area contributed by atoms with Crippen LogP contribution in [0.4, 0.5) is 5.13 Å². The summed E-state index contributed by atoms with van der Waals surface area (Å²) in [4.78, 5) is 15.3. The van der Waals surface area contributed by atoms with E-state index in [0.29, 0.717) is 10.6 Å². The molecule has 19 heavy (non-hydrogen) atoms. The third kappa shape index (κ3) is 3.21. The second-order valence-electron chi connectivity index (χ2n) is 4.24. The van der Waals surface area contributed by atoms with Gasteiger partial charge in [0.15, 0.2) is 5.13 Å². The molecule has 0 aliphatic rings. The fraction of sp³-hybridized carbons (Fsp3) is 0.273. The number of aromatic nitrogens is 1. The molecular weight excluding hydrogens is 286 g/mol. The van der Waals surface area contributed by atoms with Crippen LogP contribution >= 0.6 is 11.3 Å². The summed E-state index contributed by atoms with van der Waals surface area (Å²) in [5, 5.41) is 0.307. The Morgan fingerprint density at radius 1 is 1.47 bits per heavy atom. The molecule has 0 radical (unpaired) electrons. The van der Waals surface area contributed by atoms with E-state index in [4.69, 9.17) is 5.73 Å². The lowest BCUT2D eigenvalue weighted by Gasteiger charge is -2.06. The van der Waals surface area contributed by atoms with Gasteiger partial charge in [-0.3, -0.25) is 9.52 Å². The number of amides is 1. The zero-order valence-electron chi connectivity index (χ0n) is 10.4.